The van der Waals surface area contributed by atoms with Gasteiger partial charge < -0.3 is 14.2 Å². The van der Waals surface area contributed by atoms with Crippen LogP contribution < -0.4 is 4.74 Å². The minimum atomic E-state index is -0.795. The highest BCUT2D eigenvalue weighted by molar-refractivity contribution is 5.89. The SMILES string of the molecule is COC(=O)c1ccc(COc2ccc(C/N=N/C(=O)C(C)N(C)C(=O)OC(C)(C)C)cc2)cc1. The summed E-state index contributed by atoms with van der Waals surface area (Å²) in [6.07, 6.45) is -0.599. The van der Waals surface area contributed by atoms with E-state index in [1.165, 1.54) is 19.1 Å². The largest absolute Gasteiger partial charge is 0.489 e. The molecule has 0 bridgehead atoms. The zero-order chi connectivity index (χ0) is 25.3. The third-order valence-corrected chi connectivity index (χ3v) is 4.75. The van der Waals surface area contributed by atoms with Crippen molar-refractivity contribution in [2.24, 2.45) is 10.2 Å². The summed E-state index contributed by atoms with van der Waals surface area (Å²) in [7, 11) is 2.83. The van der Waals surface area contributed by atoms with Crippen LogP contribution in [-0.4, -0.2) is 48.7 Å². The molecule has 9 nitrogen and oxygen atoms in total. The number of hydrogen-bond acceptors (Lipinski definition) is 7. The fraction of sp³-hybridized carbons (Fsp3) is 0.400. The highest BCUT2D eigenvalue weighted by Gasteiger charge is 2.26. The van der Waals surface area contributed by atoms with Crippen LogP contribution in [0.4, 0.5) is 4.79 Å². The van der Waals surface area contributed by atoms with Crippen molar-refractivity contribution in [1.29, 1.82) is 0 Å². The first kappa shape index (κ1) is 26.5. The van der Waals surface area contributed by atoms with Crippen LogP contribution in [0.15, 0.2) is 58.8 Å². The Bertz CT molecular complexity index is 1010. The Balaban J connectivity index is 1.83. The van der Waals surface area contributed by atoms with Gasteiger partial charge in [-0.2, -0.15) is 5.11 Å². The van der Waals surface area contributed by atoms with Crippen molar-refractivity contribution < 1.29 is 28.6 Å². The second-order valence-electron chi connectivity index (χ2n) is 8.63. The zero-order valence-corrected chi connectivity index (χ0v) is 20.4. The summed E-state index contributed by atoms with van der Waals surface area (Å²) >= 11 is 0. The van der Waals surface area contributed by atoms with Crippen LogP contribution in [0.5, 0.6) is 5.75 Å². The van der Waals surface area contributed by atoms with Crippen molar-refractivity contribution in [2.75, 3.05) is 14.2 Å². The average molecular weight is 470 g/mol. The monoisotopic (exact) mass is 469 g/mol. The van der Waals surface area contributed by atoms with Crippen LogP contribution in [0, 0.1) is 0 Å². The molecule has 2 aromatic carbocycles. The van der Waals surface area contributed by atoms with E-state index >= 15 is 0 Å². The molecule has 0 aliphatic carbocycles. The highest BCUT2D eigenvalue weighted by atomic mass is 16.6. The molecule has 182 valence electrons. The molecule has 0 aliphatic heterocycles. The van der Waals surface area contributed by atoms with Gasteiger partial charge in [0.25, 0.3) is 5.91 Å². The molecule has 0 aliphatic rings. The van der Waals surface area contributed by atoms with Crippen molar-refractivity contribution in [3.8, 4) is 5.75 Å². The van der Waals surface area contributed by atoms with Gasteiger partial charge in [-0.1, -0.05) is 24.3 Å². The summed E-state index contributed by atoms with van der Waals surface area (Å²) in [5, 5.41) is 7.67. The van der Waals surface area contributed by atoms with Crippen LogP contribution in [0.1, 0.15) is 49.2 Å². The molecule has 0 saturated carbocycles. The van der Waals surface area contributed by atoms with Crippen LogP contribution in [0.25, 0.3) is 0 Å². The Morgan fingerprint density at radius 2 is 1.56 bits per heavy atom. The minimum absolute atomic E-state index is 0.212. The maximum absolute atomic E-state index is 12.2. The lowest BCUT2D eigenvalue weighted by Gasteiger charge is -2.26. The van der Waals surface area contributed by atoms with Crippen LogP contribution >= 0.6 is 0 Å². The van der Waals surface area contributed by atoms with E-state index in [0.717, 1.165) is 11.1 Å². The van der Waals surface area contributed by atoms with Gasteiger partial charge in [-0.25, -0.2) is 9.59 Å². The molecule has 0 N–H and O–H groups in total. The topological polar surface area (TPSA) is 107 Å². The van der Waals surface area contributed by atoms with Crippen LogP contribution in [0.2, 0.25) is 0 Å². The predicted octanol–water partition coefficient (Wildman–Crippen LogP) is 4.79. The second-order valence-corrected chi connectivity index (χ2v) is 8.63. The van der Waals surface area contributed by atoms with Crippen molar-refractivity contribution in [2.45, 2.75) is 52.5 Å². The van der Waals surface area contributed by atoms with Crippen molar-refractivity contribution >= 4 is 18.0 Å². The molecule has 0 spiro atoms. The molecule has 1 atom stereocenters. The Hall–Kier alpha value is -3.75. The molecular formula is C25H31N3O6. The lowest BCUT2D eigenvalue weighted by atomic mass is 10.1. The molecule has 0 aromatic heterocycles. The average Bonchev–Trinajstić information content (AvgIpc) is 2.81. The summed E-state index contributed by atoms with van der Waals surface area (Å²) in [6.45, 7) is 7.39. The van der Waals surface area contributed by atoms with Gasteiger partial charge in [0.05, 0.1) is 19.2 Å². The van der Waals surface area contributed by atoms with Crippen LogP contribution in [-0.2, 0) is 27.4 Å². The summed E-state index contributed by atoms with van der Waals surface area (Å²) in [4.78, 5) is 37.0. The predicted molar refractivity (Wildman–Crippen MR) is 126 cm³/mol. The van der Waals surface area contributed by atoms with Gasteiger partial charge in [-0.3, -0.25) is 9.69 Å². The van der Waals surface area contributed by atoms with E-state index in [9.17, 15) is 14.4 Å². The first-order valence-electron chi connectivity index (χ1n) is 10.8. The third kappa shape index (κ3) is 8.31. The number of rotatable bonds is 8. The molecule has 2 rings (SSSR count). The van der Waals surface area contributed by atoms with Crippen molar-refractivity contribution in [3.63, 3.8) is 0 Å². The number of carbonyl (C=O) groups excluding carboxylic acids is 3. The number of amides is 2. The number of likely N-dealkylation sites (N-methyl/N-ethyl adjacent to an activating group) is 1. The zero-order valence-electron chi connectivity index (χ0n) is 20.4. The number of esters is 1. The van der Waals surface area contributed by atoms with Gasteiger partial charge in [0.15, 0.2) is 0 Å². The first-order chi connectivity index (χ1) is 16.0. The van der Waals surface area contributed by atoms with Gasteiger partial charge in [0, 0.05) is 7.05 Å². The van der Waals surface area contributed by atoms with Gasteiger partial charge in [-0.05, 0) is 63.1 Å². The quantitative estimate of drug-likeness (QED) is 0.407. The normalized spacial score (nSPS) is 12.2. The Kier molecular flexibility index (Phi) is 9.29. The van der Waals surface area contributed by atoms with Crippen molar-refractivity contribution in [1.82, 2.24) is 4.90 Å². The molecule has 9 heteroatoms. The maximum Gasteiger partial charge on any atom is 0.410 e. The van der Waals surface area contributed by atoms with Gasteiger partial charge >= 0.3 is 12.1 Å². The molecule has 2 amide bonds. The van der Waals surface area contributed by atoms with E-state index in [1.807, 2.05) is 12.1 Å². The standard InChI is InChI=1S/C25H31N3O6/c1-17(28(5)24(31)34-25(2,3)4)22(29)27-26-15-18-9-13-21(14-10-18)33-16-19-7-11-20(12-8-19)23(30)32-6/h7-14,17H,15-16H2,1-6H3/b27-26+. The third-order valence-electron chi connectivity index (χ3n) is 4.75. The summed E-state index contributed by atoms with van der Waals surface area (Å²) in [6, 6.07) is 13.4. The molecule has 0 heterocycles. The summed E-state index contributed by atoms with van der Waals surface area (Å²) < 4.78 is 15.7. The molecule has 0 radical (unpaired) electrons. The lowest BCUT2D eigenvalue weighted by molar-refractivity contribution is -0.122. The Morgan fingerprint density at radius 3 is 2.12 bits per heavy atom. The van der Waals surface area contributed by atoms with E-state index in [2.05, 4.69) is 15.0 Å². The molecule has 2 aromatic rings. The number of benzene rings is 2. The second kappa shape index (κ2) is 11.9. The van der Waals surface area contributed by atoms with E-state index in [1.54, 1.807) is 64.1 Å². The number of nitrogens with zero attached hydrogens (tertiary/aromatic N) is 3. The fourth-order valence-corrected chi connectivity index (χ4v) is 2.64. The molecule has 34 heavy (non-hydrogen) atoms. The highest BCUT2D eigenvalue weighted by Crippen LogP contribution is 2.16. The van der Waals surface area contributed by atoms with Gasteiger partial charge in [-0.15, -0.1) is 5.11 Å². The van der Waals surface area contributed by atoms with E-state index in [0.29, 0.717) is 17.9 Å². The number of hydrogen-bond donors (Lipinski definition) is 0. The van der Waals surface area contributed by atoms with E-state index in [4.69, 9.17) is 9.47 Å². The van der Waals surface area contributed by atoms with Gasteiger partial charge in [0.1, 0.15) is 24.0 Å². The number of azo groups is 1. The number of ether oxygens (including phenoxy) is 3. The fourth-order valence-electron chi connectivity index (χ4n) is 2.64. The minimum Gasteiger partial charge on any atom is -0.489 e. The molecular weight excluding hydrogens is 438 g/mol. The van der Waals surface area contributed by atoms with E-state index in [-0.39, 0.29) is 12.5 Å². The summed E-state index contributed by atoms with van der Waals surface area (Å²) in [5.41, 5.74) is 1.59. The molecule has 1 unspecified atom stereocenters. The lowest BCUT2D eigenvalue weighted by Crippen LogP contribution is -2.42. The first-order valence-corrected chi connectivity index (χ1v) is 10.8. The molecule has 0 saturated heterocycles. The number of carbonyl (C=O) groups is 3. The summed E-state index contributed by atoms with van der Waals surface area (Å²) in [5.74, 6) is -0.251. The maximum atomic E-state index is 12.2. The Labute approximate surface area is 199 Å². The smallest absolute Gasteiger partial charge is 0.410 e. The van der Waals surface area contributed by atoms with Gasteiger partial charge in [0.2, 0.25) is 0 Å². The van der Waals surface area contributed by atoms with Crippen LogP contribution in [0.3, 0.4) is 0 Å². The van der Waals surface area contributed by atoms with Crippen molar-refractivity contribution in [3.05, 3.63) is 65.2 Å². The van der Waals surface area contributed by atoms with E-state index < -0.39 is 23.6 Å². The number of methoxy groups -OCH3 is 1. The Morgan fingerprint density at radius 1 is 0.971 bits per heavy atom. The molecule has 0 fully saturated rings.